The Hall–Kier alpha value is -3.62. The number of fused-ring (bicyclic) bond motifs is 3. The molecular weight excluding hydrogens is 418 g/mol. The minimum Gasteiger partial charge on any atom is -0.507 e. The summed E-state index contributed by atoms with van der Waals surface area (Å²) in [4.78, 5) is 49.1. The summed E-state index contributed by atoms with van der Waals surface area (Å²) in [6.45, 7) is 6.09. The van der Waals surface area contributed by atoms with E-state index < -0.39 is 34.5 Å². The van der Waals surface area contributed by atoms with E-state index in [4.69, 9.17) is 9.84 Å². The van der Waals surface area contributed by atoms with Crippen LogP contribution in [0.1, 0.15) is 61.5 Å². The fourth-order valence-corrected chi connectivity index (χ4v) is 4.13. The van der Waals surface area contributed by atoms with Gasteiger partial charge in [-0.3, -0.25) is 19.2 Å². The van der Waals surface area contributed by atoms with Gasteiger partial charge in [-0.2, -0.15) is 0 Å². The lowest BCUT2D eigenvalue weighted by Gasteiger charge is -2.29. The monoisotopic (exact) mass is 443 g/mol. The number of ketones is 3. The Morgan fingerprint density at radius 2 is 1.78 bits per heavy atom. The number of aliphatic carboxylic acids is 1. The molecule has 1 atom stereocenters. The van der Waals surface area contributed by atoms with Crippen LogP contribution >= 0.6 is 0 Å². The molecule has 0 saturated carbocycles. The van der Waals surface area contributed by atoms with Crippen molar-refractivity contribution in [1.29, 1.82) is 0 Å². The SMILES string of the molecule is CC(=O)c1c(O)c(C)c(O)c2c1OC1=CC(=O)/C(=C(/C)NCCCCC(=O)O)C(=O)[C@]12C. The van der Waals surface area contributed by atoms with Gasteiger partial charge >= 0.3 is 5.97 Å². The van der Waals surface area contributed by atoms with E-state index in [2.05, 4.69) is 5.32 Å². The molecule has 1 aromatic rings. The van der Waals surface area contributed by atoms with E-state index in [9.17, 15) is 29.4 Å². The van der Waals surface area contributed by atoms with Crippen molar-refractivity contribution in [2.75, 3.05) is 6.54 Å². The molecule has 9 heteroatoms. The van der Waals surface area contributed by atoms with Crippen LogP contribution in [-0.4, -0.2) is 45.2 Å². The smallest absolute Gasteiger partial charge is 0.303 e. The second-order valence-electron chi connectivity index (χ2n) is 8.16. The number of hydrogen-bond donors (Lipinski definition) is 4. The average Bonchev–Trinajstić information content (AvgIpc) is 2.99. The Balaban J connectivity index is 2.05. The van der Waals surface area contributed by atoms with Crippen molar-refractivity contribution in [3.8, 4) is 17.2 Å². The summed E-state index contributed by atoms with van der Waals surface area (Å²) in [5.41, 5.74) is -1.44. The number of carbonyl (C=O) groups excluding carboxylic acids is 3. The van der Waals surface area contributed by atoms with Crippen LogP contribution in [0.25, 0.3) is 0 Å². The number of phenolic OH excluding ortho intramolecular Hbond substituents is 2. The first kappa shape index (κ1) is 23.1. The van der Waals surface area contributed by atoms with E-state index in [1.807, 2.05) is 0 Å². The minimum atomic E-state index is -1.56. The minimum absolute atomic E-state index is 0.0247. The maximum absolute atomic E-state index is 13.6. The fraction of sp³-hybridized carbons (Fsp3) is 0.391. The number of nitrogens with one attached hydrogen (secondary N) is 1. The van der Waals surface area contributed by atoms with Crippen molar-refractivity contribution >= 4 is 23.3 Å². The maximum Gasteiger partial charge on any atom is 0.303 e. The third-order valence-corrected chi connectivity index (χ3v) is 5.97. The molecular formula is C23H25NO8. The number of carboxylic acid groups (broad SMARTS) is 1. The zero-order chi connectivity index (χ0) is 24.0. The predicted molar refractivity (Wildman–Crippen MR) is 113 cm³/mol. The van der Waals surface area contributed by atoms with Gasteiger partial charge in [0.2, 0.25) is 0 Å². The molecule has 32 heavy (non-hydrogen) atoms. The summed E-state index contributed by atoms with van der Waals surface area (Å²) in [6.07, 6.45) is 2.16. The first-order valence-electron chi connectivity index (χ1n) is 10.2. The normalized spacial score (nSPS) is 20.8. The Bertz CT molecular complexity index is 1130. The van der Waals surface area contributed by atoms with Crippen molar-refractivity contribution in [3.05, 3.63) is 39.8 Å². The van der Waals surface area contributed by atoms with E-state index in [0.717, 1.165) is 6.08 Å². The number of hydrogen-bond acceptors (Lipinski definition) is 8. The Morgan fingerprint density at radius 1 is 1.12 bits per heavy atom. The van der Waals surface area contributed by atoms with Crippen LogP contribution in [0.3, 0.4) is 0 Å². The number of allylic oxidation sites excluding steroid dienone is 4. The van der Waals surface area contributed by atoms with E-state index in [0.29, 0.717) is 25.1 Å². The van der Waals surface area contributed by atoms with Crippen molar-refractivity contribution in [2.45, 2.75) is 52.4 Å². The molecule has 0 fully saturated rings. The molecule has 4 N–H and O–H groups in total. The van der Waals surface area contributed by atoms with Gasteiger partial charge in [-0.05, 0) is 40.5 Å². The second-order valence-corrected chi connectivity index (χ2v) is 8.16. The molecule has 1 heterocycles. The van der Waals surface area contributed by atoms with Crippen molar-refractivity contribution in [3.63, 3.8) is 0 Å². The zero-order valence-electron chi connectivity index (χ0n) is 18.3. The molecule has 0 bridgehead atoms. The van der Waals surface area contributed by atoms with Crippen LogP contribution < -0.4 is 10.1 Å². The molecule has 0 saturated heterocycles. The molecule has 1 aromatic carbocycles. The Kier molecular flexibility index (Phi) is 5.86. The fourth-order valence-electron chi connectivity index (χ4n) is 4.13. The third-order valence-electron chi connectivity index (χ3n) is 5.97. The highest BCUT2D eigenvalue weighted by Crippen LogP contribution is 2.57. The number of unbranched alkanes of at least 4 members (excludes halogenated alkanes) is 1. The van der Waals surface area contributed by atoms with Crippen LogP contribution in [0.15, 0.2) is 23.1 Å². The molecule has 3 rings (SSSR count). The summed E-state index contributed by atoms with van der Waals surface area (Å²) >= 11 is 0. The van der Waals surface area contributed by atoms with Crippen molar-refractivity contribution in [1.82, 2.24) is 5.32 Å². The van der Waals surface area contributed by atoms with Crippen LogP contribution in [0.5, 0.6) is 17.2 Å². The van der Waals surface area contributed by atoms with Crippen LogP contribution in [0.2, 0.25) is 0 Å². The highest BCUT2D eigenvalue weighted by molar-refractivity contribution is 6.31. The van der Waals surface area contributed by atoms with Crippen LogP contribution in [0.4, 0.5) is 0 Å². The molecule has 170 valence electrons. The van der Waals surface area contributed by atoms with Gasteiger partial charge in [-0.1, -0.05) is 0 Å². The van der Waals surface area contributed by atoms with Crippen molar-refractivity contribution < 1.29 is 39.2 Å². The molecule has 2 aliphatic rings. The average molecular weight is 443 g/mol. The largest absolute Gasteiger partial charge is 0.507 e. The standard InChI is InChI=1S/C23H25NO8/c1-10-19(29)17(12(3)25)21-18(20(10)30)23(4)14(32-21)9-13(26)16(22(23)31)11(2)24-8-6-5-7-15(27)28/h9,24,29-30H,5-8H2,1-4H3,(H,27,28)/b16-11+/t23-/m1/s1. The topological polar surface area (TPSA) is 150 Å². The number of rotatable bonds is 7. The number of ether oxygens (including phenoxy) is 1. The van der Waals surface area contributed by atoms with E-state index >= 15 is 0 Å². The van der Waals surface area contributed by atoms with Gasteiger partial charge < -0.3 is 25.4 Å². The maximum atomic E-state index is 13.6. The van der Waals surface area contributed by atoms with Gasteiger partial charge in [-0.25, -0.2) is 0 Å². The van der Waals surface area contributed by atoms with Crippen LogP contribution in [-0.2, 0) is 19.8 Å². The number of carboxylic acids is 1. The molecule has 0 radical (unpaired) electrons. The molecule has 9 nitrogen and oxygen atoms in total. The van der Waals surface area contributed by atoms with Gasteiger partial charge in [0.15, 0.2) is 17.3 Å². The zero-order valence-corrected chi connectivity index (χ0v) is 18.3. The summed E-state index contributed by atoms with van der Waals surface area (Å²) in [7, 11) is 0. The Morgan fingerprint density at radius 3 is 2.38 bits per heavy atom. The highest BCUT2D eigenvalue weighted by atomic mass is 16.5. The number of carbonyl (C=O) groups is 4. The molecule has 1 aliphatic heterocycles. The van der Waals surface area contributed by atoms with Gasteiger partial charge in [0, 0.05) is 30.3 Å². The number of benzene rings is 1. The number of Topliss-reactive ketones (excluding diaryl/α,β-unsaturated/α-hetero) is 2. The van der Waals surface area contributed by atoms with Crippen molar-refractivity contribution in [2.24, 2.45) is 0 Å². The lowest BCUT2D eigenvalue weighted by molar-refractivity contribution is -0.137. The van der Waals surface area contributed by atoms with Gasteiger partial charge in [0.05, 0.1) is 11.1 Å². The lowest BCUT2D eigenvalue weighted by atomic mass is 9.70. The summed E-state index contributed by atoms with van der Waals surface area (Å²) in [5.74, 6) is -3.58. The summed E-state index contributed by atoms with van der Waals surface area (Å²) in [5, 5.41) is 32.8. The first-order chi connectivity index (χ1) is 14.9. The highest BCUT2D eigenvalue weighted by Gasteiger charge is 2.56. The van der Waals surface area contributed by atoms with Gasteiger partial charge in [0.25, 0.3) is 0 Å². The van der Waals surface area contributed by atoms with E-state index in [1.165, 1.54) is 20.8 Å². The van der Waals surface area contributed by atoms with Crippen LogP contribution in [0, 0.1) is 6.92 Å². The van der Waals surface area contributed by atoms with Gasteiger partial charge in [0.1, 0.15) is 34.0 Å². The molecule has 0 unspecified atom stereocenters. The summed E-state index contributed by atoms with van der Waals surface area (Å²) < 4.78 is 5.71. The molecule has 0 amide bonds. The number of phenols is 2. The summed E-state index contributed by atoms with van der Waals surface area (Å²) in [6, 6.07) is 0. The van der Waals surface area contributed by atoms with Gasteiger partial charge in [-0.15, -0.1) is 0 Å². The molecule has 1 aliphatic carbocycles. The van der Waals surface area contributed by atoms with E-state index in [-0.39, 0.29) is 45.9 Å². The quantitative estimate of drug-likeness (QED) is 0.216. The first-order valence-corrected chi connectivity index (χ1v) is 10.2. The molecule has 0 aromatic heterocycles. The second kappa shape index (κ2) is 8.14. The molecule has 0 spiro atoms. The third kappa shape index (κ3) is 3.43. The number of aromatic hydroxyl groups is 2. The Labute approximate surface area is 184 Å². The van der Waals surface area contributed by atoms with E-state index in [1.54, 1.807) is 6.92 Å². The lowest BCUT2D eigenvalue weighted by Crippen LogP contribution is -2.41. The predicted octanol–water partition coefficient (Wildman–Crippen LogP) is 2.41.